The first-order chi connectivity index (χ1) is 8.77. The highest BCUT2D eigenvalue weighted by molar-refractivity contribution is 7.89. The maximum absolute atomic E-state index is 13.1. The summed E-state index contributed by atoms with van der Waals surface area (Å²) in [7, 11) is -4.01. The van der Waals surface area contributed by atoms with Gasteiger partial charge in [0.25, 0.3) is 0 Å². The van der Waals surface area contributed by atoms with Gasteiger partial charge >= 0.3 is 5.69 Å². The zero-order chi connectivity index (χ0) is 14.6. The van der Waals surface area contributed by atoms with Gasteiger partial charge in [-0.1, -0.05) is 0 Å². The molecule has 0 aliphatic rings. The molecule has 0 saturated heterocycles. The summed E-state index contributed by atoms with van der Waals surface area (Å²) in [6.07, 6.45) is 0. The first-order valence-corrected chi connectivity index (χ1v) is 6.59. The minimum Gasteiger partial charge on any atom is -0.258 e. The fourth-order valence-corrected chi connectivity index (χ4v) is 2.31. The third-order valence-corrected chi connectivity index (χ3v) is 3.65. The largest absolute Gasteiger partial charge is 0.306 e. The van der Waals surface area contributed by atoms with Crippen LogP contribution in [0.4, 0.5) is 10.1 Å². The topological polar surface area (TPSA) is 113 Å². The Balaban J connectivity index is 3.06. The Kier molecular flexibility index (Phi) is 4.52. The van der Waals surface area contributed by atoms with Crippen LogP contribution in [0.1, 0.15) is 6.92 Å². The number of nitro benzene ring substituents is 1. The number of hydrogen-bond acceptors (Lipinski definition) is 5. The van der Waals surface area contributed by atoms with Crippen LogP contribution in [0.2, 0.25) is 0 Å². The van der Waals surface area contributed by atoms with E-state index in [9.17, 15) is 22.9 Å². The first kappa shape index (κ1) is 15.0. The van der Waals surface area contributed by atoms with Gasteiger partial charge in [-0.15, -0.1) is 0 Å². The van der Waals surface area contributed by atoms with Crippen molar-refractivity contribution >= 4 is 15.7 Å². The standard InChI is InChI=1S/C10H10FN3O4S/c1-7(5-12)6-13-19(17,18)8-2-3-9(11)10(4-8)14(15)16/h2-4,7,13H,6H2,1H3. The molecule has 1 atom stereocenters. The Morgan fingerprint density at radius 1 is 1.58 bits per heavy atom. The van der Waals surface area contributed by atoms with Crippen molar-refractivity contribution in [1.29, 1.82) is 5.26 Å². The molecule has 0 aliphatic carbocycles. The number of nitriles is 1. The smallest absolute Gasteiger partial charge is 0.258 e. The third kappa shape index (κ3) is 3.70. The molecule has 0 amide bonds. The molecule has 0 fully saturated rings. The number of nitrogens with zero attached hydrogens (tertiary/aromatic N) is 2. The van der Waals surface area contributed by atoms with E-state index in [0.29, 0.717) is 12.1 Å². The van der Waals surface area contributed by atoms with Crippen LogP contribution in [0, 0.1) is 33.2 Å². The molecular weight excluding hydrogens is 277 g/mol. The van der Waals surface area contributed by atoms with E-state index in [0.717, 1.165) is 6.07 Å². The Morgan fingerprint density at radius 3 is 2.74 bits per heavy atom. The first-order valence-electron chi connectivity index (χ1n) is 5.11. The molecule has 0 aromatic heterocycles. The molecule has 19 heavy (non-hydrogen) atoms. The Bertz CT molecular complexity index is 639. The Labute approximate surface area is 108 Å². The monoisotopic (exact) mass is 287 g/mol. The summed E-state index contributed by atoms with van der Waals surface area (Å²) < 4.78 is 38.7. The van der Waals surface area contributed by atoms with Crippen LogP contribution < -0.4 is 4.72 Å². The number of nitro groups is 1. The highest BCUT2D eigenvalue weighted by atomic mass is 32.2. The molecule has 7 nitrogen and oxygen atoms in total. The van der Waals surface area contributed by atoms with Crippen molar-refractivity contribution < 1.29 is 17.7 Å². The van der Waals surface area contributed by atoms with E-state index in [1.54, 1.807) is 0 Å². The third-order valence-electron chi connectivity index (χ3n) is 2.22. The molecular formula is C10H10FN3O4S. The Morgan fingerprint density at radius 2 is 2.21 bits per heavy atom. The lowest BCUT2D eigenvalue weighted by molar-refractivity contribution is -0.387. The van der Waals surface area contributed by atoms with Crippen LogP contribution in [0.3, 0.4) is 0 Å². The van der Waals surface area contributed by atoms with Crippen LogP contribution in [0.25, 0.3) is 0 Å². The fourth-order valence-electron chi connectivity index (χ4n) is 1.16. The molecule has 0 saturated carbocycles. The molecule has 0 spiro atoms. The SMILES string of the molecule is CC(C#N)CNS(=O)(=O)c1ccc(F)c([N+](=O)[O-])c1. The molecule has 1 rings (SSSR count). The van der Waals surface area contributed by atoms with E-state index in [2.05, 4.69) is 4.72 Å². The van der Waals surface area contributed by atoms with Crippen molar-refractivity contribution in [3.8, 4) is 6.07 Å². The molecule has 1 unspecified atom stereocenters. The van der Waals surface area contributed by atoms with Gasteiger partial charge in [-0.25, -0.2) is 13.1 Å². The van der Waals surface area contributed by atoms with Crippen LogP contribution in [0.15, 0.2) is 23.1 Å². The zero-order valence-corrected chi connectivity index (χ0v) is 10.6. The number of halogens is 1. The predicted molar refractivity (Wildman–Crippen MR) is 63.0 cm³/mol. The van der Waals surface area contributed by atoms with E-state index in [4.69, 9.17) is 5.26 Å². The number of sulfonamides is 1. The van der Waals surface area contributed by atoms with Gasteiger partial charge in [-0.3, -0.25) is 10.1 Å². The van der Waals surface area contributed by atoms with Crippen molar-refractivity contribution in [2.45, 2.75) is 11.8 Å². The maximum Gasteiger partial charge on any atom is 0.306 e. The molecule has 102 valence electrons. The summed E-state index contributed by atoms with van der Waals surface area (Å²) in [5.74, 6) is -1.67. The molecule has 0 bridgehead atoms. The summed E-state index contributed by atoms with van der Waals surface area (Å²) in [6, 6.07) is 4.09. The minimum absolute atomic E-state index is 0.135. The molecule has 1 aromatic carbocycles. The number of benzene rings is 1. The zero-order valence-electron chi connectivity index (χ0n) is 9.83. The van der Waals surface area contributed by atoms with Crippen LogP contribution in [0.5, 0.6) is 0 Å². The molecule has 1 N–H and O–H groups in total. The van der Waals surface area contributed by atoms with Crippen molar-refractivity contribution in [3.05, 3.63) is 34.1 Å². The van der Waals surface area contributed by atoms with Gasteiger partial charge in [0.2, 0.25) is 15.8 Å². The number of nitrogens with one attached hydrogen (secondary N) is 1. The molecule has 1 aromatic rings. The van der Waals surface area contributed by atoms with Crippen LogP contribution >= 0.6 is 0 Å². The summed E-state index contributed by atoms with van der Waals surface area (Å²) in [6.45, 7) is 1.37. The van der Waals surface area contributed by atoms with Crippen molar-refractivity contribution in [2.24, 2.45) is 5.92 Å². The average molecular weight is 287 g/mol. The van der Waals surface area contributed by atoms with E-state index in [1.165, 1.54) is 6.92 Å². The van der Waals surface area contributed by atoms with Crippen molar-refractivity contribution in [2.75, 3.05) is 6.54 Å². The van der Waals surface area contributed by atoms with E-state index in [-0.39, 0.29) is 6.54 Å². The second-order valence-corrected chi connectivity index (χ2v) is 5.52. The Hall–Kier alpha value is -2.05. The van der Waals surface area contributed by atoms with Crippen LogP contribution in [-0.4, -0.2) is 19.9 Å². The highest BCUT2D eigenvalue weighted by Gasteiger charge is 2.21. The predicted octanol–water partition coefficient (Wildman–Crippen LogP) is 1.17. The molecule has 0 heterocycles. The van der Waals surface area contributed by atoms with E-state index < -0.39 is 37.3 Å². The second kappa shape index (κ2) is 5.73. The second-order valence-electron chi connectivity index (χ2n) is 3.75. The van der Waals surface area contributed by atoms with Gasteiger partial charge in [0.05, 0.1) is 21.8 Å². The van der Waals surface area contributed by atoms with Crippen molar-refractivity contribution in [3.63, 3.8) is 0 Å². The fraction of sp³-hybridized carbons (Fsp3) is 0.300. The maximum atomic E-state index is 13.1. The van der Waals surface area contributed by atoms with Gasteiger partial charge in [-0.2, -0.15) is 9.65 Å². The average Bonchev–Trinajstić information content (AvgIpc) is 2.35. The van der Waals surface area contributed by atoms with Crippen LogP contribution in [-0.2, 0) is 10.0 Å². The molecule has 0 radical (unpaired) electrons. The quantitative estimate of drug-likeness (QED) is 0.645. The number of rotatable bonds is 5. The summed E-state index contributed by atoms with van der Waals surface area (Å²) in [4.78, 5) is 9.09. The molecule has 9 heteroatoms. The van der Waals surface area contributed by atoms with Crippen molar-refractivity contribution in [1.82, 2.24) is 4.72 Å². The van der Waals surface area contributed by atoms with Gasteiger partial charge in [0.1, 0.15) is 0 Å². The van der Waals surface area contributed by atoms with Gasteiger partial charge in [0, 0.05) is 12.6 Å². The van der Waals surface area contributed by atoms with Gasteiger partial charge in [-0.05, 0) is 19.1 Å². The highest BCUT2D eigenvalue weighted by Crippen LogP contribution is 2.21. The normalized spacial score (nSPS) is 12.7. The van der Waals surface area contributed by atoms with E-state index >= 15 is 0 Å². The minimum atomic E-state index is -4.01. The molecule has 0 aliphatic heterocycles. The van der Waals surface area contributed by atoms with E-state index in [1.807, 2.05) is 6.07 Å². The lowest BCUT2D eigenvalue weighted by atomic mass is 10.2. The number of hydrogen-bond donors (Lipinski definition) is 1. The lowest BCUT2D eigenvalue weighted by Gasteiger charge is -2.07. The summed E-state index contributed by atoms with van der Waals surface area (Å²) >= 11 is 0. The summed E-state index contributed by atoms with van der Waals surface area (Å²) in [5.41, 5.74) is -0.920. The summed E-state index contributed by atoms with van der Waals surface area (Å²) in [5, 5.41) is 19.1. The van der Waals surface area contributed by atoms with Gasteiger partial charge in [0.15, 0.2) is 0 Å². The lowest BCUT2D eigenvalue weighted by Crippen LogP contribution is -2.28. The van der Waals surface area contributed by atoms with Gasteiger partial charge < -0.3 is 0 Å².